The van der Waals surface area contributed by atoms with Crippen LogP contribution in [0.3, 0.4) is 0 Å². The van der Waals surface area contributed by atoms with E-state index in [0.29, 0.717) is 18.7 Å². The summed E-state index contributed by atoms with van der Waals surface area (Å²) >= 11 is 0. The van der Waals surface area contributed by atoms with Crippen LogP contribution in [-0.2, 0) is 16.1 Å². The molecule has 1 aliphatic rings. The van der Waals surface area contributed by atoms with Crippen LogP contribution in [0.4, 0.5) is 4.39 Å². The third-order valence-electron chi connectivity index (χ3n) is 3.36. The fraction of sp³-hybridized carbons (Fsp3) is 0.400. The molecule has 0 N–H and O–H groups in total. The third-order valence-corrected chi connectivity index (χ3v) is 3.36. The van der Waals surface area contributed by atoms with Crippen LogP contribution in [0, 0.1) is 5.82 Å². The van der Waals surface area contributed by atoms with E-state index in [1.807, 2.05) is 0 Å². The van der Waals surface area contributed by atoms with Crippen molar-refractivity contribution in [2.45, 2.75) is 25.6 Å². The Bertz CT molecular complexity index is 453. The Morgan fingerprint density at radius 2 is 2.11 bits per heavy atom. The van der Waals surface area contributed by atoms with E-state index in [4.69, 9.17) is 4.74 Å². The highest BCUT2D eigenvalue weighted by Gasteiger charge is 2.21. The molecular weight excluding hydrogens is 245 g/mol. The summed E-state index contributed by atoms with van der Waals surface area (Å²) < 4.78 is 19.1. The molecule has 4 heteroatoms. The predicted molar refractivity (Wildman–Crippen MR) is 71.0 cm³/mol. The molecule has 1 aliphatic heterocycles. The number of hydrogen-bond acceptors (Lipinski definition) is 2. The monoisotopic (exact) mass is 263 g/mol. The molecule has 0 atom stereocenters. The van der Waals surface area contributed by atoms with Crippen molar-refractivity contribution in [3.05, 3.63) is 48.3 Å². The molecule has 1 saturated heterocycles. The number of nitrogens with zero attached hydrogens (tertiary/aromatic N) is 1. The summed E-state index contributed by atoms with van der Waals surface area (Å²) in [5.41, 5.74) is 0.576. The van der Waals surface area contributed by atoms with Gasteiger partial charge in [-0.1, -0.05) is 24.8 Å². The molecule has 1 heterocycles. The smallest absolute Gasteiger partial charge is 0.245 e. The number of ether oxygens (including phenoxy) is 1. The predicted octanol–water partition coefficient (Wildman–Crippen LogP) is 2.52. The van der Waals surface area contributed by atoms with E-state index in [2.05, 4.69) is 6.58 Å². The maximum atomic E-state index is 13.4. The van der Waals surface area contributed by atoms with Crippen LogP contribution < -0.4 is 0 Å². The molecule has 0 aliphatic carbocycles. The highest BCUT2D eigenvalue weighted by molar-refractivity contribution is 5.87. The number of halogens is 1. The average molecular weight is 263 g/mol. The lowest BCUT2D eigenvalue weighted by Gasteiger charge is -2.31. The zero-order chi connectivity index (χ0) is 13.7. The van der Waals surface area contributed by atoms with Gasteiger partial charge in [-0.3, -0.25) is 4.79 Å². The maximum absolute atomic E-state index is 13.4. The van der Waals surface area contributed by atoms with Crippen LogP contribution in [-0.4, -0.2) is 30.0 Å². The van der Waals surface area contributed by atoms with Crippen LogP contribution in [0.25, 0.3) is 0 Å². The van der Waals surface area contributed by atoms with Gasteiger partial charge in [-0.05, 0) is 25.0 Å². The summed E-state index contributed by atoms with van der Waals surface area (Å²) in [4.78, 5) is 13.2. The second-order valence-electron chi connectivity index (χ2n) is 4.63. The van der Waals surface area contributed by atoms with Crippen LogP contribution in [0.15, 0.2) is 36.9 Å². The lowest BCUT2D eigenvalue weighted by molar-refractivity contribution is -0.128. The number of benzene rings is 1. The van der Waals surface area contributed by atoms with Crippen molar-refractivity contribution >= 4 is 5.91 Å². The quantitative estimate of drug-likeness (QED) is 0.781. The van der Waals surface area contributed by atoms with Gasteiger partial charge in [0.1, 0.15) is 5.82 Å². The Balaban J connectivity index is 1.79. The van der Waals surface area contributed by atoms with E-state index in [9.17, 15) is 9.18 Å². The SMILES string of the molecule is C=CC(=O)N1CCC(OCc2ccccc2F)CC1. The van der Waals surface area contributed by atoms with Crippen LogP contribution in [0.2, 0.25) is 0 Å². The summed E-state index contributed by atoms with van der Waals surface area (Å²) in [6.07, 6.45) is 3.00. The topological polar surface area (TPSA) is 29.5 Å². The fourth-order valence-electron chi connectivity index (χ4n) is 2.20. The van der Waals surface area contributed by atoms with Crippen molar-refractivity contribution in [3.8, 4) is 0 Å². The lowest BCUT2D eigenvalue weighted by Crippen LogP contribution is -2.40. The van der Waals surface area contributed by atoms with Gasteiger partial charge in [0.15, 0.2) is 0 Å². The number of rotatable bonds is 4. The van der Waals surface area contributed by atoms with E-state index in [0.717, 1.165) is 12.8 Å². The van der Waals surface area contributed by atoms with Gasteiger partial charge in [-0.25, -0.2) is 4.39 Å². The summed E-state index contributed by atoms with van der Waals surface area (Å²) in [7, 11) is 0. The van der Waals surface area contributed by atoms with Crippen LogP contribution in [0.1, 0.15) is 18.4 Å². The molecule has 0 saturated carbocycles. The molecule has 2 rings (SSSR count). The average Bonchev–Trinajstić information content (AvgIpc) is 2.46. The van der Waals surface area contributed by atoms with Gasteiger partial charge in [-0.15, -0.1) is 0 Å². The third kappa shape index (κ3) is 3.64. The zero-order valence-corrected chi connectivity index (χ0v) is 10.8. The second-order valence-corrected chi connectivity index (χ2v) is 4.63. The minimum absolute atomic E-state index is 0.0347. The molecule has 0 bridgehead atoms. The Hall–Kier alpha value is -1.68. The Morgan fingerprint density at radius 3 is 2.74 bits per heavy atom. The molecule has 0 unspecified atom stereocenters. The number of likely N-dealkylation sites (tertiary alicyclic amines) is 1. The number of amides is 1. The summed E-state index contributed by atoms with van der Waals surface area (Å²) in [5, 5.41) is 0. The van der Waals surface area contributed by atoms with E-state index >= 15 is 0 Å². The molecule has 102 valence electrons. The van der Waals surface area contributed by atoms with Crippen molar-refractivity contribution in [2.24, 2.45) is 0 Å². The highest BCUT2D eigenvalue weighted by atomic mass is 19.1. The Labute approximate surface area is 112 Å². The van der Waals surface area contributed by atoms with Gasteiger partial charge in [0.25, 0.3) is 0 Å². The summed E-state index contributed by atoms with van der Waals surface area (Å²) in [6.45, 7) is 5.11. The molecule has 19 heavy (non-hydrogen) atoms. The van der Waals surface area contributed by atoms with E-state index in [1.165, 1.54) is 12.1 Å². The van der Waals surface area contributed by atoms with Crippen molar-refractivity contribution in [2.75, 3.05) is 13.1 Å². The maximum Gasteiger partial charge on any atom is 0.245 e. The van der Waals surface area contributed by atoms with Crippen molar-refractivity contribution in [1.29, 1.82) is 0 Å². The first-order valence-corrected chi connectivity index (χ1v) is 6.47. The largest absolute Gasteiger partial charge is 0.373 e. The van der Waals surface area contributed by atoms with Gasteiger partial charge in [0.05, 0.1) is 12.7 Å². The minimum Gasteiger partial charge on any atom is -0.373 e. The molecule has 1 fully saturated rings. The normalized spacial score (nSPS) is 16.4. The standard InChI is InChI=1S/C15H18FNO2/c1-2-15(18)17-9-7-13(8-10-17)19-11-12-5-3-4-6-14(12)16/h2-6,13H,1,7-11H2. The molecule has 0 radical (unpaired) electrons. The number of carbonyl (C=O) groups is 1. The number of carbonyl (C=O) groups excluding carboxylic acids is 1. The second kappa shape index (κ2) is 6.48. The van der Waals surface area contributed by atoms with E-state index in [-0.39, 0.29) is 24.4 Å². The number of hydrogen-bond donors (Lipinski definition) is 0. The highest BCUT2D eigenvalue weighted by Crippen LogP contribution is 2.17. The van der Waals surface area contributed by atoms with Crippen molar-refractivity contribution in [1.82, 2.24) is 4.90 Å². The van der Waals surface area contributed by atoms with Gasteiger partial charge < -0.3 is 9.64 Å². The van der Waals surface area contributed by atoms with E-state index < -0.39 is 0 Å². The lowest BCUT2D eigenvalue weighted by atomic mass is 10.1. The Kier molecular flexibility index (Phi) is 4.68. The molecule has 1 aromatic carbocycles. The summed E-state index contributed by atoms with van der Waals surface area (Å²) in [6, 6.07) is 6.63. The van der Waals surface area contributed by atoms with Crippen LogP contribution in [0.5, 0.6) is 0 Å². The van der Waals surface area contributed by atoms with Crippen molar-refractivity contribution in [3.63, 3.8) is 0 Å². The van der Waals surface area contributed by atoms with Gasteiger partial charge in [-0.2, -0.15) is 0 Å². The van der Waals surface area contributed by atoms with Crippen molar-refractivity contribution < 1.29 is 13.9 Å². The molecule has 1 amide bonds. The molecular formula is C15H18FNO2. The van der Waals surface area contributed by atoms with Crippen LogP contribution >= 0.6 is 0 Å². The molecule has 3 nitrogen and oxygen atoms in total. The first-order chi connectivity index (χ1) is 9.20. The fourth-order valence-corrected chi connectivity index (χ4v) is 2.20. The first-order valence-electron chi connectivity index (χ1n) is 6.47. The minimum atomic E-state index is -0.234. The first kappa shape index (κ1) is 13.7. The molecule has 1 aromatic rings. The molecule has 0 spiro atoms. The Morgan fingerprint density at radius 1 is 1.42 bits per heavy atom. The van der Waals surface area contributed by atoms with E-state index in [1.54, 1.807) is 23.1 Å². The molecule has 0 aromatic heterocycles. The summed E-state index contributed by atoms with van der Waals surface area (Å²) in [5.74, 6) is -0.269. The number of piperidine rings is 1. The van der Waals surface area contributed by atoms with Gasteiger partial charge in [0.2, 0.25) is 5.91 Å². The van der Waals surface area contributed by atoms with Gasteiger partial charge >= 0.3 is 0 Å². The van der Waals surface area contributed by atoms with Gasteiger partial charge in [0, 0.05) is 18.7 Å². The zero-order valence-electron chi connectivity index (χ0n) is 10.8.